The predicted molar refractivity (Wildman–Crippen MR) is 74.2 cm³/mol. The average Bonchev–Trinajstić information content (AvgIpc) is 2.34. The molecule has 0 spiro atoms. The lowest BCUT2D eigenvalue weighted by atomic mass is 10.2. The van der Waals surface area contributed by atoms with Crippen LogP contribution in [0.3, 0.4) is 0 Å². The monoisotopic (exact) mass is 302 g/mol. The molecule has 0 fully saturated rings. The first-order valence-corrected chi connectivity index (χ1v) is 6.54. The minimum absolute atomic E-state index is 0.0542. The molecule has 0 saturated heterocycles. The molecule has 0 aliphatic carbocycles. The maximum atomic E-state index is 11.4. The van der Waals surface area contributed by atoms with Crippen LogP contribution in [0.15, 0.2) is 0 Å². The molecule has 0 aliphatic rings. The fourth-order valence-corrected chi connectivity index (χ4v) is 1.31. The van der Waals surface area contributed by atoms with E-state index in [1.54, 1.807) is 0 Å². The lowest BCUT2D eigenvalue weighted by molar-refractivity contribution is -0.140. The third-order valence-electron chi connectivity index (χ3n) is 2.35. The number of hydrogen-bond donors (Lipinski definition) is 5. The predicted octanol–water partition coefficient (Wildman–Crippen LogP) is -1.22. The van der Waals surface area contributed by atoms with Crippen molar-refractivity contribution in [2.45, 2.75) is 32.7 Å². The molecule has 0 radical (unpaired) electrons. The molecule has 9 nitrogen and oxygen atoms in total. The maximum absolute atomic E-state index is 11.4. The molecule has 0 rings (SSSR count). The second-order valence-electron chi connectivity index (χ2n) is 4.91. The van der Waals surface area contributed by atoms with Crippen LogP contribution in [0.1, 0.15) is 26.7 Å². The quantitative estimate of drug-likeness (QED) is 0.361. The number of carbonyl (C=O) groups is 4. The van der Waals surface area contributed by atoms with Crippen LogP contribution >= 0.6 is 0 Å². The largest absolute Gasteiger partial charge is 0.480 e. The molecule has 120 valence electrons. The Bertz CT molecular complexity index is 397. The molecule has 6 N–H and O–H groups in total. The van der Waals surface area contributed by atoms with Crippen molar-refractivity contribution in [2.24, 2.45) is 11.7 Å². The number of hydrogen-bond acceptors (Lipinski definition) is 4. The summed E-state index contributed by atoms with van der Waals surface area (Å²) < 4.78 is 0. The van der Waals surface area contributed by atoms with Gasteiger partial charge in [0.2, 0.25) is 11.8 Å². The van der Waals surface area contributed by atoms with Gasteiger partial charge in [-0.25, -0.2) is 9.59 Å². The van der Waals surface area contributed by atoms with Crippen LogP contribution in [0.2, 0.25) is 0 Å². The van der Waals surface area contributed by atoms with E-state index in [0.717, 1.165) is 0 Å². The number of carbonyl (C=O) groups excluding carboxylic acids is 3. The van der Waals surface area contributed by atoms with Gasteiger partial charge in [-0.15, -0.1) is 0 Å². The Hall–Kier alpha value is -2.32. The Kier molecular flexibility index (Phi) is 8.51. The highest BCUT2D eigenvalue weighted by Gasteiger charge is 2.21. The zero-order valence-electron chi connectivity index (χ0n) is 12.1. The molecule has 0 aromatic heterocycles. The summed E-state index contributed by atoms with van der Waals surface area (Å²) in [6.07, 6.45) is -0.425. The van der Waals surface area contributed by atoms with Gasteiger partial charge in [0, 0.05) is 19.5 Å². The summed E-state index contributed by atoms with van der Waals surface area (Å²) in [4.78, 5) is 44.2. The van der Waals surface area contributed by atoms with E-state index < -0.39 is 30.4 Å². The van der Waals surface area contributed by atoms with E-state index >= 15 is 0 Å². The zero-order valence-corrected chi connectivity index (χ0v) is 12.1. The third-order valence-corrected chi connectivity index (χ3v) is 2.35. The van der Waals surface area contributed by atoms with E-state index in [0.29, 0.717) is 12.5 Å². The van der Waals surface area contributed by atoms with Gasteiger partial charge in [0.25, 0.3) is 0 Å². The first-order chi connectivity index (χ1) is 9.72. The second kappa shape index (κ2) is 9.56. The van der Waals surface area contributed by atoms with E-state index in [1.165, 1.54) is 0 Å². The van der Waals surface area contributed by atoms with Gasteiger partial charge < -0.3 is 26.8 Å². The molecule has 9 heteroatoms. The Morgan fingerprint density at radius 2 is 1.76 bits per heavy atom. The molecule has 0 aromatic carbocycles. The highest BCUT2D eigenvalue weighted by atomic mass is 16.4. The topological polar surface area (TPSA) is 151 Å². The SMILES string of the molecule is CC(C)CNC(=O)CCNC(=O)NC(CC(N)=O)C(=O)O. The molecule has 0 heterocycles. The Morgan fingerprint density at radius 3 is 2.24 bits per heavy atom. The fourth-order valence-electron chi connectivity index (χ4n) is 1.31. The van der Waals surface area contributed by atoms with Crippen LogP contribution in [-0.4, -0.2) is 48.1 Å². The summed E-state index contributed by atoms with van der Waals surface area (Å²) in [5.74, 6) is -2.08. The molecule has 1 unspecified atom stereocenters. The third kappa shape index (κ3) is 10.2. The van der Waals surface area contributed by atoms with E-state index in [1.807, 2.05) is 13.8 Å². The van der Waals surface area contributed by atoms with Gasteiger partial charge in [0.1, 0.15) is 6.04 Å². The van der Waals surface area contributed by atoms with Crippen molar-refractivity contribution in [3.8, 4) is 0 Å². The zero-order chi connectivity index (χ0) is 16.4. The van der Waals surface area contributed by atoms with Gasteiger partial charge in [0.15, 0.2) is 0 Å². The summed E-state index contributed by atoms with van der Waals surface area (Å²) in [7, 11) is 0. The van der Waals surface area contributed by atoms with Gasteiger partial charge >= 0.3 is 12.0 Å². The van der Waals surface area contributed by atoms with Crippen molar-refractivity contribution in [2.75, 3.05) is 13.1 Å². The normalized spacial score (nSPS) is 11.6. The molecular weight excluding hydrogens is 280 g/mol. The molecule has 0 aromatic rings. The van der Waals surface area contributed by atoms with Crippen molar-refractivity contribution >= 4 is 23.8 Å². The summed E-state index contributed by atoms with van der Waals surface area (Å²) in [6.45, 7) is 4.51. The molecule has 1 atom stereocenters. The highest BCUT2D eigenvalue weighted by molar-refractivity contribution is 5.87. The van der Waals surface area contributed by atoms with Crippen molar-refractivity contribution in [1.29, 1.82) is 0 Å². The lowest BCUT2D eigenvalue weighted by Gasteiger charge is -2.13. The number of primary amides is 1. The Morgan fingerprint density at radius 1 is 1.14 bits per heavy atom. The van der Waals surface area contributed by atoms with Gasteiger partial charge in [-0.05, 0) is 5.92 Å². The fraction of sp³-hybridized carbons (Fsp3) is 0.667. The molecule has 0 aliphatic heterocycles. The van der Waals surface area contributed by atoms with Crippen LogP contribution in [-0.2, 0) is 14.4 Å². The Balaban J connectivity index is 4.00. The first kappa shape index (κ1) is 18.7. The highest BCUT2D eigenvalue weighted by Crippen LogP contribution is 1.92. The molecule has 0 bridgehead atoms. The van der Waals surface area contributed by atoms with Crippen molar-refractivity contribution < 1.29 is 24.3 Å². The smallest absolute Gasteiger partial charge is 0.326 e. The Labute approximate surface area is 122 Å². The number of urea groups is 1. The molecular formula is C12H22N4O5. The van der Waals surface area contributed by atoms with E-state index in [2.05, 4.69) is 16.0 Å². The van der Waals surface area contributed by atoms with Crippen molar-refractivity contribution in [3.05, 3.63) is 0 Å². The van der Waals surface area contributed by atoms with Crippen LogP contribution in [0, 0.1) is 5.92 Å². The molecule has 21 heavy (non-hydrogen) atoms. The lowest BCUT2D eigenvalue weighted by Crippen LogP contribution is -2.48. The molecule has 4 amide bonds. The van der Waals surface area contributed by atoms with Crippen LogP contribution < -0.4 is 21.7 Å². The summed E-state index contributed by atoms with van der Waals surface area (Å²) in [6, 6.07) is -2.17. The van der Waals surface area contributed by atoms with Crippen LogP contribution in [0.25, 0.3) is 0 Å². The van der Waals surface area contributed by atoms with Crippen molar-refractivity contribution in [1.82, 2.24) is 16.0 Å². The van der Waals surface area contributed by atoms with E-state index in [9.17, 15) is 19.2 Å². The van der Waals surface area contributed by atoms with Crippen LogP contribution in [0.5, 0.6) is 0 Å². The van der Waals surface area contributed by atoms with Crippen LogP contribution in [0.4, 0.5) is 4.79 Å². The average molecular weight is 302 g/mol. The van der Waals surface area contributed by atoms with Gasteiger partial charge in [-0.2, -0.15) is 0 Å². The number of rotatable bonds is 9. The summed E-state index contributed by atoms with van der Waals surface area (Å²) in [5, 5.41) is 15.9. The summed E-state index contributed by atoms with van der Waals surface area (Å²) in [5.41, 5.74) is 4.88. The van der Waals surface area contributed by atoms with Gasteiger partial charge in [0.05, 0.1) is 6.42 Å². The summed E-state index contributed by atoms with van der Waals surface area (Å²) >= 11 is 0. The number of aliphatic carboxylic acids is 1. The molecule has 0 saturated carbocycles. The number of nitrogens with two attached hydrogens (primary N) is 1. The minimum atomic E-state index is -1.39. The number of carboxylic acid groups (broad SMARTS) is 1. The van der Waals surface area contributed by atoms with Gasteiger partial charge in [-0.1, -0.05) is 13.8 Å². The van der Waals surface area contributed by atoms with Crippen molar-refractivity contribution in [3.63, 3.8) is 0 Å². The number of nitrogens with one attached hydrogen (secondary N) is 3. The second-order valence-corrected chi connectivity index (χ2v) is 4.91. The maximum Gasteiger partial charge on any atom is 0.326 e. The van der Waals surface area contributed by atoms with E-state index in [-0.39, 0.29) is 18.9 Å². The van der Waals surface area contributed by atoms with E-state index in [4.69, 9.17) is 10.8 Å². The number of carboxylic acids is 1. The first-order valence-electron chi connectivity index (χ1n) is 6.54. The number of amides is 4. The standard InChI is InChI=1S/C12H22N4O5/c1-7(2)6-15-10(18)3-4-14-12(21)16-8(11(19)20)5-9(13)17/h7-8H,3-6H2,1-2H3,(H2,13,17)(H,15,18)(H,19,20)(H2,14,16,21). The van der Waals surface area contributed by atoms with Gasteiger partial charge in [-0.3, -0.25) is 9.59 Å². The minimum Gasteiger partial charge on any atom is -0.480 e.